The predicted octanol–water partition coefficient (Wildman–Crippen LogP) is 0.680. The summed E-state index contributed by atoms with van der Waals surface area (Å²) in [6.07, 6.45) is 2.44. The van der Waals surface area contributed by atoms with E-state index in [1.807, 2.05) is 0 Å². The van der Waals surface area contributed by atoms with Crippen LogP contribution in [0, 0.1) is 5.92 Å². The van der Waals surface area contributed by atoms with Crippen LogP contribution in [0.4, 0.5) is 0 Å². The third-order valence-electron chi connectivity index (χ3n) is 4.64. The van der Waals surface area contributed by atoms with Crippen LogP contribution in [0.2, 0.25) is 0 Å². The second-order valence-electron chi connectivity index (χ2n) is 6.50. The Morgan fingerprint density at radius 3 is 2.22 bits per heavy atom. The van der Waals surface area contributed by atoms with Crippen molar-refractivity contribution >= 4 is 21.7 Å². The number of carboxylic acid groups (broad SMARTS) is 1. The van der Waals surface area contributed by atoms with Crippen molar-refractivity contribution in [2.24, 2.45) is 5.92 Å². The van der Waals surface area contributed by atoms with Crippen molar-refractivity contribution < 1.29 is 27.9 Å². The largest absolute Gasteiger partial charge is 0.481 e. The van der Waals surface area contributed by atoms with Gasteiger partial charge in [0.2, 0.25) is 5.91 Å². The number of carbonyl (C=O) groups is 2. The van der Waals surface area contributed by atoms with Crippen molar-refractivity contribution in [3.8, 4) is 0 Å². The van der Waals surface area contributed by atoms with E-state index >= 15 is 0 Å². The summed E-state index contributed by atoms with van der Waals surface area (Å²) >= 11 is 0. The summed E-state index contributed by atoms with van der Waals surface area (Å²) in [5, 5.41) is 7.37. The van der Waals surface area contributed by atoms with E-state index in [4.69, 9.17) is 9.84 Å². The Hall–Kier alpha value is -1.15. The first kappa shape index (κ1) is 18.2. The molecule has 2 unspecified atom stereocenters. The monoisotopic (exact) mass is 347 g/mol. The average Bonchev–Trinajstić information content (AvgIpc) is 3.36. The van der Waals surface area contributed by atoms with E-state index in [9.17, 15) is 18.0 Å². The van der Waals surface area contributed by atoms with Gasteiger partial charge in [-0.25, -0.2) is 8.42 Å². The fourth-order valence-electron chi connectivity index (χ4n) is 2.85. The quantitative estimate of drug-likeness (QED) is 0.727. The zero-order valence-electron chi connectivity index (χ0n) is 13.6. The van der Waals surface area contributed by atoms with Gasteiger partial charge in [0.05, 0.1) is 11.2 Å². The van der Waals surface area contributed by atoms with Crippen LogP contribution in [-0.2, 0) is 24.2 Å². The van der Waals surface area contributed by atoms with Gasteiger partial charge in [-0.15, -0.1) is 0 Å². The molecule has 7 nitrogen and oxygen atoms in total. The Morgan fingerprint density at radius 1 is 1.17 bits per heavy atom. The summed E-state index contributed by atoms with van der Waals surface area (Å²) in [5.74, 6) is -2.16. The normalized spacial score (nSPS) is 22.3. The molecule has 2 rings (SSSR count). The molecule has 2 aliphatic rings. The van der Waals surface area contributed by atoms with Crippen LogP contribution in [-0.4, -0.2) is 66.6 Å². The summed E-state index contributed by atoms with van der Waals surface area (Å²) in [7, 11) is -3.59. The van der Waals surface area contributed by atoms with E-state index in [1.54, 1.807) is 0 Å². The van der Waals surface area contributed by atoms with Crippen molar-refractivity contribution in [1.29, 1.82) is 0 Å². The van der Waals surface area contributed by atoms with Crippen molar-refractivity contribution in [2.75, 3.05) is 19.8 Å². The van der Waals surface area contributed by atoms with Crippen LogP contribution in [0.5, 0.6) is 0 Å². The molecule has 1 saturated carbocycles. The number of hydrogen-bond acceptors (Lipinski definition) is 5. The first-order valence-electron chi connectivity index (χ1n) is 8.09. The van der Waals surface area contributed by atoms with Crippen LogP contribution < -0.4 is 0 Å². The van der Waals surface area contributed by atoms with Crippen molar-refractivity contribution in [3.63, 3.8) is 0 Å². The molecule has 1 heterocycles. The molecular formula is C15H25NO6S. The number of amides is 1. The summed E-state index contributed by atoms with van der Waals surface area (Å²) in [5.41, 5.74) is 0. The van der Waals surface area contributed by atoms with E-state index < -0.39 is 38.1 Å². The second kappa shape index (κ2) is 7.17. The van der Waals surface area contributed by atoms with Crippen molar-refractivity contribution in [3.05, 3.63) is 0 Å². The second-order valence-corrected chi connectivity index (χ2v) is 9.06. The van der Waals surface area contributed by atoms with Crippen LogP contribution >= 0.6 is 0 Å². The van der Waals surface area contributed by atoms with Crippen LogP contribution in [0.1, 0.15) is 39.5 Å². The van der Waals surface area contributed by atoms with Gasteiger partial charge < -0.3 is 14.7 Å². The molecule has 2 fully saturated rings. The third-order valence-corrected chi connectivity index (χ3v) is 7.22. The Kier molecular flexibility index (Phi) is 5.67. The van der Waals surface area contributed by atoms with E-state index in [0.29, 0.717) is 26.1 Å². The van der Waals surface area contributed by atoms with Gasteiger partial charge in [-0.2, -0.15) is 0 Å². The maximum absolute atomic E-state index is 12.7. The van der Waals surface area contributed by atoms with Crippen molar-refractivity contribution in [2.45, 2.75) is 56.1 Å². The fourth-order valence-corrected chi connectivity index (χ4v) is 4.69. The molecule has 1 amide bonds. The zero-order valence-corrected chi connectivity index (χ0v) is 14.4. The minimum absolute atomic E-state index is 0.0170. The number of hydrogen-bond donors (Lipinski definition) is 1. The molecule has 0 aromatic rings. The number of rotatable bonds is 7. The highest BCUT2D eigenvalue weighted by atomic mass is 32.2. The van der Waals surface area contributed by atoms with Gasteiger partial charge in [0.1, 0.15) is 5.25 Å². The number of carbonyl (C=O) groups excluding carboxylic acids is 1. The maximum Gasteiger partial charge on any atom is 0.308 e. The summed E-state index contributed by atoms with van der Waals surface area (Å²) in [6.45, 7) is 3.81. The molecule has 0 bridgehead atoms. The Bertz CT molecular complexity index is 550. The van der Waals surface area contributed by atoms with Gasteiger partial charge in [-0.3, -0.25) is 9.59 Å². The van der Waals surface area contributed by atoms with Gasteiger partial charge >= 0.3 is 5.97 Å². The standard InChI is InChI=1S/C15H25NO6S/c1-10(15(18)19)9-16(12-3-4-12)14(17)11(2)23(20,21)13-5-7-22-8-6-13/h10-13H,3-9H2,1-2H3,(H,18,19). The van der Waals surface area contributed by atoms with Gasteiger partial charge in [0.25, 0.3) is 0 Å². The van der Waals surface area contributed by atoms with E-state index in [0.717, 1.165) is 12.8 Å². The fraction of sp³-hybridized carbons (Fsp3) is 0.867. The lowest BCUT2D eigenvalue weighted by molar-refractivity contribution is -0.143. The molecule has 1 N–H and O–H groups in total. The number of nitrogens with zero attached hydrogens (tertiary/aromatic N) is 1. The average molecular weight is 347 g/mol. The minimum Gasteiger partial charge on any atom is -0.481 e. The maximum atomic E-state index is 12.7. The molecule has 23 heavy (non-hydrogen) atoms. The minimum atomic E-state index is -3.59. The molecule has 1 aliphatic carbocycles. The van der Waals surface area contributed by atoms with E-state index in [2.05, 4.69) is 0 Å². The zero-order chi connectivity index (χ0) is 17.2. The Morgan fingerprint density at radius 2 is 1.74 bits per heavy atom. The number of ether oxygens (including phenoxy) is 1. The molecule has 8 heteroatoms. The highest BCUT2D eigenvalue weighted by Crippen LogP contribution is 2.30. The third kappa shape index (κ3) is 4.23. The number of aliphatic carboxylic acids is 1. The van der Waals surface area contributed by atoms with Crippen LogP contribution in [0.25, 0.3) is 0 Å². The summed E-state index contributed by atoms with van der Waals surface area (Å²) < 4.78 is 30.5. The molecule has 0 spiro atoms. The van der Waals surface area contributed by atoms with Gasteiger partial charge in [0, 0.05) is 25.8 Å². The molecule has 0 aromatic carbocycles. The SMILES string of the molecule is CC(CN(C(=O)C(C)S(=O)(=O)C1CCOCC1)C1CC1)C(=O)O. The lowest BCUT2D eigenvalue weighted by Crippen LogP contribution is -2.48. The van der Waals surface area contributed by atoms with Crippen molar-refractivity contribution in [1.82, 2.24) is 4.90 Å². The lowest BCUT2D eigenvalue weighted by atomic mass is 10.1. The van der Waals surface area contributed by atoms with Crippen LogP contribution in [0.3, 0.4) is 0 Å². The molecule has 132 valence electrons. The first-order chi connectivity index (χ1) is 10.7. The highest BCUT2D eigenvalue weighted by Gasteiger charge is 2.42. The van der Waals surface area contributed by atoms with Gasteiger partial charge in [-0.1, -0.05) is 6.92 Å². The smallest absolute Gasteiger partial charge is 0.308 e. The molecule has 1 saturated heterocycles. The Labute approximate surface area is 136 Å². The molecule has 0 aromatic heterocycles. The first-order valence-corrected chi connectivity index (χ1v) is 9.69. The van der Waals surface area contributed by atoms with E-state index in [1.165, 1.54) is 18.7 Å². The summed E-state index contributed by atoms with van der Waals surface area (Å²) in [4.78, 5) is 25.2. The molecule has 1 aliphatic heterocycles. The lowest BCUT2D eigenvalue weighted by Gasteiger charge is -2.30. The number of sulfone groups is 1. The molecular weight excluding hydrogens is 322 g/mol. The van der Waals surface area contributed by atoms with Crippen LogP contribution in [0.15, 0.2) is 0 Å². The topological polar surface area (TPSA) is 101 Å². The molecule has 0 radical (unpaired) electrons. The predicted molar refractivity (Wildman–Crippen MR) is 83.8 cm³/mol. The van der Waals surface area contributed by atoms with Gasteiger partial charge in [0.15, 0.2) is 9.84 Å². The Balaban J connectivity index is 2.10. The van der Waals surface area contributed by atoms with E-state index in [-0.39, 0.29) is 12.6 Å². The molecule has 2 atom stereocenters. The highest BCUT2D eigenvalue weighted by molar-refractivity contribution is 7.93. The summed E-state index contributed by atoms with van der Waals surface area (Å²) in [6, 6.07) is -0.0170. The number of carboxylic acids is 1. The van der Waals surface area contributed by atoms with Gasteiger partial charge in [-0.05, 0) is 32.6 Å².